The molecule has 10 heteroatoms. The maximum absolute atomic E-state index is 10.9. The van der Waals surface area contributed by atoms with Crippen LogP contribution >= 0.6 is 0 Å². The van der Waals surface area contributed by atoms with E-state index in [0.29, 0.717) is 0 Å². The van der Waals surface area contributed by atoms with Crippen LogP contribution in [0.25, 0.3) is 0 Å². The number of carbonyl (C=O) groups excluding carboxylic acids is 2. The van der Waals surface area contributed by atoms with Crippen LogP contribution in [0.2, 0.25) is 0 Å². The van der Waals surface area contributed by atoms with Gasteiger partial charge in [-0.3, -0.25) is 0 Å². The molecule has 0 aromatic heterocycles. The third-order valence-electron chi connectivity index (χ3n) is 1.88. The van der Waals surface area contributed by atoms with Gasteiger partial charge in [0.1, 0.15) is 0 Å². The van der Waals surface area contributed by atoms with Crippen molar-refractivity contribution in [3.05, 3.63) is 0 Å². The van der Waals surface area contributed by atoms with Gasteiger partial charge in [-0.25, -0.2) is 19.4 Å². The maximum Gasteiger partial charge on any atom is 0.542 e. The van der Waals surface area contributed by atoms with Crippen molar-refractivity contribution in [2.24, 2.45) is 0 Å². The van der Waals surface area contributed by atoms with Crippen LogP contribution in [-0.2, 0) is 39.1 Å². The largest absolute Gasteiger partial charge is 0.542 e. The van der Waals surface area contributed by atoms with Gasteiger partial charge >= 0.3 is 12.3 Å². The molecule has 0 atom stereocenters. The zero-order valence-corrected chi connectivity index (χ0v) is 14.5. The van der Waals surface area contributed by atoms with E-state index >= 15 is 0 Å². The molecule has 0 aliphatic heterocycles. The third-order valence-corrected chi connectivity index (χ3v) is 1.88. The quantitative estimate of drug-likeness (QED) is 0.280. The molecule has 24 heavy (non-hydrogen) atoms. The van der Waals surface area contributed by atoms with Crippen LogP contribution in [0, 0.1) is 11.8 Å². The molecule has 0 aromatic rings. The predicted octanol–water partition coefficient (Wildman–Crippen LogP) is 2.62. The summed E-state index contributed by atoms with van der Waals surface area (Å²) in [4.78, 5) is 39.8. The van der Waals surface area contributed by atoms with E-state index in [1.807, 2.05) is 0 Å². The fourth-order valence-electron chi connectivity index (χ4n) is 0.886. The molecule has 0 unspecified atom stereocenters. The molecule has 0 saturated carbocycles. The molecule has 10 nitrogen and oxygen atoms in total. The summed E-state index contributed by atoms with van der Waals surface area (Å²) in [6.07, 6.45) is -2.09. The molecule has 0 heterocycles. The lowest BCUT2D eigenvalue weighted by Gasteiger charge is -2.18. The molecular formula is C14H22O10. The molecule has 0 saturated heterocycles. The van der Waals surface area contributed by atoms with Crippen molar-refractivity contribution in [1.29, 1.82) is 0 Å². The summed E-state index contributed by atoms with van der Waals surface area (Å²) in [6, 6.07) is 0. The maximum atomic E-state index is 10.9. The normalized spacial score (nSPS) is 11.1. The summed E-state index contributed by atoms with van der Waals surface area (Å²) in [5.74, 6) is 5.32. The smallest absolute Gasteiger partial charge is 0.433 e. The van der Waals surface area contributed by atoms with Gasteiger partial charge in [-0.2, -0.15) is 9.78 Å². The zero-order chi connectivity index (χ0) is 18.6. The lowest BCUT2D eigenvalue weighted by atomic mass is 10.1. The van der Waals surface area contributed by atoms with Crippen LogP contribution < -0.4 is 0 Å². The third kappa shape index (κ3) is 11.5. The monoisotopic (exact) mass is 350 g/mol. The number of ether oxygens (including phenoxy) is 2. The topological polar surface area (TPSA) is 108 Å². The van der Waals surface area contributed by atoms with E-state index in [1.165, 1.54) is 0 Å². The van der Waals surface area contributed by atoms with Crippen molar-refractivity contribution < 1.29 is 48.7 Å². The van der Waals surface area contributed by atoms with E-state index in [1.54, 1.807) is 41.5 Å². The van der Waals surface area contributed by atoms with Crippen molar-refractivity contribution in [2.45, 2.75) is 52.7 Å². The summed E-state index contributed by atoms with van der Waals surface area (Å²) in [5, 5.41) is 8.57. The van der Waals surface area contributed by atoms with Crippen molar-refractivity contribution in [3.8, 4) is 11.8 Å². The van der Waals surface area contributed by atoms with E-state index in [-0.39, 0.29) is 13.2 Å². The van der Waals surface area contributed by atoms with Gasteiger partial charge < -0.3 is 9.47 Å². The Morgan fingerprint density at radius 3 is 1.38 bits per heavy atom. The Morgan fingerprint density at radius 1 is 0.750 bits per heavy atom. The minimum absolute atomic E-state index is 0.130. The molecule has 0 N–H and O–H groups in total. The number of hydrogen-bond donors (Lipinski definition) is 0. The fraction of sp³-hybridized carbons (Fsp3) is 0.714. The highest BCUT2D eigenvalue weighted by Gasteiger charge is 2.23. The molecular weight excluding hydrogens is 328 g/mol. The average Bonchev–Trinajstić information content (AvgIpc) is 2.46. The fourth-order valence-corrected chi connectivity index (χ4v) is 0.886. The van der Waals surface area contributed by atoms with E-state index in [0.717, 1.165) is 0 Å². The van der Waals surface area contributed by atoms with Gasteiger partial charge in [-0.1, -0.05) is 11.8 Å². The van der Waals surface area contributed by atoms with Crippen LogP contribution in [0.4, 0.5) is 9.59 Å². The SMILES string of the molecule is CCOC(=O)OOOC(C)(C)C#CC(C)(C)OOOC(=O)OCC. The summed E-state index contributed by atoms with van der Waals surface area (Å²) >= 11 is 0. The Labute approximate surface area is 139 Å². The standard InChI is InChI=1S/C14H22O10/c1-7-17-11(15)19-23-21-13(3,4)9-10-14(5,6)22-24-20-12(16)18-8-2/h7-8H2,1-6H3. The van der Waals surface area contributed by atoms with Crippen molar-refractivity contribution >= 4 is 12.3 Å². The molecule has 0 aliphatic rings. The van der Waals surface area contributed by atoms with Crippen LogP contribution in [0.5, 0.6) is 0 Å². The second kappa shape index (κ2) is 10.7. The van der Waals surface area contributed by atoms with Crippen molar-refractivity contribution in [3.63, 3.8) is 0 Å². The molecule has 0 fully saturated rings. The van der Waals surface area contributed by atoms with E-state index in [4.69, 9.17) is 9.78 Å². The summed E-state index contributed by atoms with van der Waals surface area (Å²) in [7, 11) is 0. The van der Waals surface area contributed by atoms with Gasteiger partial charge in [-0.05, 0) is 51.6 Å². The number of carbonyl (C=O) groups is 2. The first-order valence-electron chi connectivity index (χ1n) is 7.04. The van der Waals surface area contributed by atoms with Crippen LogP contribution in [-0.4, -0.2) is 36.7 Å². The predicted molar refractivity (Wildman–Crippen MR) is 76.5 cm³/mol. The van der Waals surface area contributed by atoms with Crippen LogP contribution in [0.15, 0.2) is 0 Å². The van der Waals surface area contributed by atoms with Gasteiger partial charge in [0.2, 0.25) is 0 Å². The molecule has 138 valence electrons. The van der Waals surface area contributed by atoms with Gasteiger partial charge in [0.15, 0.2) is 11.2 Å². The highest BCUT2D eigenvalue weighted by Crippen LogP contribution is 2.13. The molecule has 0 amide bonds. The summed E-state index contributed by atoms with van der Waals surface area (Å²) in [5.41, 5.74) is -2.32. The lowest BCUT2D eigenvalue weighted by Crippen LogP contribution is -2.27. The molecule has 0 spiro atoms. The van der Waals surface area contributed by atoms with Crippen molar-refractivity contribution in [2.75, 3.05) is 13.2 Å². The summed E-state index contributed by atoms with van der Waals surface area (Å²) in [6.45, 7) is 9.64. The lowest BCUT2D eigenvalue weighted by molar-refractivity contribution is -0.510. The first-order valence-corrected chi connectivity index (χ1v) is 7.04. The van der Waals surface area contributed by atoms with E-state index < -0.39 is 23.5 Å². The highest BCUT2D eigenvalue weighted by molar-refractivity contribution is 5.59. The molecule has 0 aromatic carbocycles. The van der Waals surface area contributed by atoms with Gasteiger partial charge in [-0.15, -0.1) is 0 Å². The second-order valence-corrected chi connectivity index (χ2v) is 5.11. The second-order valence-electron chi connectivity index (χ2n) is 5.11. The number of hydrogen-bond acceptors (Lipinski definition) is 10. The zero-order valence-electron chi connectivity index (χ0n) is 14.5. The van der Waals surface area contributed by atoms with Crippen LogP contribution in [0.1, 0.15) is 41.5 Å². The Bertz CT molecular complexity index is 420. The Kier molecular flexibility index (Phi) is 9.75. The van der Waals surface area contributed by atoms with Gasteiger partial charge in [0, 0.05) is 0 Å². The number of rotatable bonds is 8. The van der Waals surface area contributed by atoms with E-state index in [9.17, 15) is 9.59 Å². The molecule has 0 rings (SSSR count). The summed E-state index contributed by atoms with van der Waals surface area (Å²) < 4.78 is 8.92. The highest BCUT2D eigenvalue weighted by atomic mass is 17.5. The van der Waals surface area contributed by atoms with E-state index in [2.05, 4.69) is 41.2 Å². The van der Waals surface area contributed by atoms with Gasteiger partial charge in [0.25, 0.3) is 0 Å². The van der Waals surface area contributed by atoms with Crippen LogP contribution in [0.3, 0.4) is 0 Å². The molecule has 0 bridgehead atoms. The van der Waals surface area contributed by atoms with Gasteiger partial charge in [0.05, 0.1) is 13.2 Å². The minimum atomic E-state index is -1.16. The molecule has 0 aliphatic carbocycles. The average molecular weight is 350 g/mol. The Hall–Kier alpha value is -2.06. The molecule has 0 radical (unpaired) electrons. The first kappa shape index (κ1) is 21.9. The minimum Gasteiger partial charge on any atom is -0.433 e. The Balaban J connectivity index is 4.31. The Morgan fingerprint density at radius 2 is 1.08 bits per heavy atom. The van der Waals surface area contributed by atoms with Crippen molar-refractivity contribution in [1.82, 2.24) is 0 Å². The first-order chi connectivity index (χ1) is 11.1.